The van der Waals surface area contributed by atoms with Crippen molar-refractivity contribution in [1.29, 1.82) is 0 Å². The summed E-state index contributed by atoms with van der Waals surface area (Å²) in [4.78, 5) is 0. The Kier molecular flexibility index (Phi) is 4.74. The van der Waals surface area contributed by atoms with E-state index in [0.29, 0.717) is 31.3 Å². The van der Waals surface area contributed by atoms with Crippen molar-refractivity contribution >= 4 is 7.12 Å². The van der Waals surface area contributed by atoms with Gasteiger partial charge in [-0.05, 0) is 59.0 Å². The second-order valence-corrected chi connectivity index (χ2v) is 7.59. The largest absolute Gasteiger partial charge is 0.525 e. The van der Waals surface area contributed by atoms with Crippen LogP contribution in [0.15, 0.2) is 15.7 Å². The lowest BCUT2D eigenvalue weighted by molar-refractivity contribution is 0.00578. The summed E-state index contributed by atoms with van der Waals surface area (Å²) in [6.07, 6.45) is -0.693. The van der Waals surface area contributed by atoms with Gasteiger partial charge in [0, 0.05) is 5.92 Å². The first kappa shape index (κ1) is 18.4. The van der Waals surface area contributed by atoms with Crippen molar-refractivity contribution in [3.63, 3.8) is 0 Å². The normalized spacial score (nSPS) is 25.7. The Labute approximate surface area is 145 Å². The van der Waals surface area contributed by atoms with Crippen LogP contribution in [0, 0.1) is 0 Å². The minimum absolute atomic E-state index is 0.130. The molecule has 25 heavy (non-hydrogen) atoms. The number of nitrogens with zero attached hydrogens (tertiary/aromatic N) is 2. The Morgan fingerprint density at radius 2 is 1.64 bits per heavy atom. The smallest absolute Gasteiger partial charge is 0.419 e. The molecular weight excluding hydrogens is 336 g/mol. The van der Waals surface area contributed by atoms with Crippen LogP contribution in [0.2, 0.25) is 0 Å². The predicted octanol–water partition coefficient (Wildman–Crippen LogP) is 4.52. The number of hydrogen-bond acceptors (Lipinski definition) is 5. The molecule has 0 spiro atoms. The average molecular weight is 358 g/mol. The third-order valence-corrected chi connectivity index (χ3v) is 5.38. The van der Waals surface area contributed by atoms with Crippen molar-refractivity contribution in [2.24, 2.45) is 0 Å². The number of rotatable bonds is 3. The van der Waals surface area contributed by atoms with E-state index in [4.69, 9.17) is 13.7 Å². The lowest BCUT2D eigenvalue weighted by Crippen LogP contribution is -2.41. The van der Waals surface area contributed by atoms with E-state index in [2.05, 4.69) is 10.2 Å². The molecule has 5 nitrogen and oxygen atoms in total. The first-order chi connectivity index (χ1) is 11.6. The molecule has 0 radical (unpaired) electrons. The molecule has 0 amide bonds. The summed E-state index contributed by atoms with van der Waals surface area (Å²) in [5.41, 5.74) is -0.927. The molecule has 2 heterocycles. The fraction of sp³-hybridized carbons (Fsp3) is 0.750. The van der Waals surface area contributed by atoms with Gasteiger partial charge in [0.15, 0.2) is 0 Å². The monoisotopic (exact) mass is 358 g/mol. The zero-order chi connectivity index (χ0) is 18.4. The molecular formula is C16H22BF3N2O3. The summed E-state index contributed by atoms with van der Waals surface area (Å²) in [5, 5.41) is 7.04. The SMILES string of the molecule is CC1(C)OB(C(F)=C2CCC(c3nnc(C(F)F)o3)CC2)OC1(C)C. The van der Waals surface area contributed by atoms with Gasteiger partial charge in [-0.2, -0.15) is 8.78 Å². The minimum atomic E-state index is -2.78. The Morgan fingerprint density at radius 1 is 1.08 bits per heavy atom. The van der Waals surface area contributed by atoms with E-state index in [-0.39, 0.29) is 17.5 Å². The summed E-state index contributed by atoms with van der Waals surface area (Å²) in [6, 6.07) is 0. The van der Waals surface area contributed by atoms with Crippen molar-refractivity contribution in [1.82, 2.24) is 10.2 Å². The number of allylic oxidation sites excluding steroid dienone is 1. The second kappa shape index (κ2) is 6.43. The fourth-order valence-electron chi connectivity index (χ4n) is 3.06. The molecule has 1 saturated carbocycles. The van der Waals surface area contributed by atoms with E-state index >= 15 is 0 Å². The highest BCUT2D eigenvalue weighted by atomic mass is 19.3. The van der Waals surface area contributed by atoms with Crippen LogP contribution in [0.4, 0.5) is 13.2 Å². The molecule has 3 rings (SSSR count). The van der Waals surface area contributed by atoms with Crippen LogP contribution in [-0.2, 0) is 9.31 Å². The zero-order valence-corrected chi connectivity index (χ0v) is 14.8. The number of alkyl halides is 2. The highest BCUT2D eigenvalue weighted by Gasteiger charge is 2.53. The molecule has 0 atom stereocenters. The van der Waals surface area contributed by atoms with E-state index in [1.54, 1.807) is 0 Å². The van der Waals surface area contributed by atoms with Gasteiger partial charge in [0.2, 0.25) is 5.89 Å². The maximum absolute atomic E-state index is 14.8. The molecule has 138 valence electrons. The van der Waals surface area contributed by atoms with Crippen LogP contribution >= 0.6 is 0 Å². The first-order valence-electron chi connectivity index (χ1n) is 8.45. The Bertz CT molecular complexity index is 649. The number of halogens is 3. The van der Waals surface area contributed by atoms with Gasteiger partial charge in [-0.25, -0.2) is 4.39 Å². The van der Waals surface area contributed by atoms with E-state index in [1.807, 2.05) is 27.7 Å². The molecule has 2 aliphatic rings. The lowest BCUT2D eigenvalue weighted by atomic mass is 9.77. The van der Waals surface area contributed by atoms with Gasteiger partial charge in [-0.1, -0.05) is 0 Å². The van der Waals surface area contributed by atoms with E-state index in [0.717, 1.165) is 0 Å². The van der Waals surface area contributed by atoms with Crippen LogP contribution in [0.5, 0.6) is 0 Å². The third-order valence-electron chi connectivity index (χ3n) is 5.38. The predicted molar refractivity (Wildman–Crippen MR) is 84.7 cm³/mol. The van der Waals surface area contributed by atoms with Gasteiger partial charge >= 0.3 is 13.5 Å². The van der Waals surface area contributed by atoms with E-state index < -0.39 is 30.6 Å². The molecule has 0 bridgehead atoms. The minimum Gasteiger partial charge on any atom is -0.419 e. The number of hydrogen-bond donors (Lipinski definition) is 0. The topological polar surface area (TPSA) is 57.4 Å². The van der Waals surface area contributed by atoms with Gasteiger partial charge in [-0.15, -0.1) is 10.2 Å². The van der Waals surface area contributed by atoms with Gasteiger partial charge in [0.25, 0.3) is 5.89 Å². The fourth-order valence-corrected chi connectivity index (χ4v) is 3.06. The summed E-state index contributed by atoms with van der Waals surface area (Å²) >= 11 is 0. The van der Waals surface area contributed by atoms with Crippen LogP contribution < -0.4 is 0 Å². The summed E-state index contributed by atoms with van der Waals surface area (Å²) in [5.74, 6) is -0.597. The highest BCUT2D eigenvalue weighted by molar-refractivity contribution is 6.53. The van der Waals surface area contributed by atoms with Crippen molar-refractivity contribution in [2.75, 3.05) is 0 Å². The van der Waals surface area contributed by atoms with Crippen LogP contribution in [0.1, 0.15) is 77.5 Å². The van der Waals surface area contributed by atoms with Gasteiger partial charge in [-0.3, -0.25) is 0 Å². The molecule has 1 aliphatic heterocycles. The van der Waals surface area contributed by atoms with Gasteiger partial charge < -0.3 is 13.7 Å². The summed E-state index contributed by atoms with van der Waals surface area (Å²) in [7, 11) is -0.995. The van der Waals surface area contributed by atoms with Crippen LogP contribution in [-0.4, -0.2) is 28.5 Å². The Hall–Kier alpha value is -1.35. The number of aromatic nitrogens is 2. The zero-order valence-electron chi connectivity index (χ0n) is 14.8. The quantitative estimate of drug-likeness (QED) is 0.744. The van der Waals surface area contributed by atoms with Crippen molar-refractivity contribution in [2.45, 2.75) is 76.9 Å². The Balaban J connectivity index is 1.66. The maximum atomic E-state index is 14.8. The van der Waals surface area contributed by atoms with Crippen molar-refractivity contribution < 1.29 is 26.9 Å². The molecule has 1 aromatic heterocycles. The molecule has 1 aromatic rings. The van der Waals surface area contributed by atoms with Crippen LogP contribution in [0.3, 0.4) is 0 Å². The molecule has 0 unspecified atom stereocenters. The van der Waals surface area contributed by atoms with E-state index in [9.17, 15) is 13.2 Å². The molecule has 1 saturated heterocycles. The van der Waals surface area contributed by atoms with Gasteiger partial charge in [0.05, 0.1) is 11.2 Å². The van der Waals surface area contributed by atoms with Crippen LogP contribution in [0.25, 0.3) is 0 Å². The molecule has 0 aromatic carbocycles. The maximum Gasteiger partial charge on any atom is 0.525 e. The second-order valence-electron chi connectivity index (χ2n) is 7.59. The molecule has 0 N–H and O–H groups in total. The van der Waals surface area contributed by atoms with Gasteiger partial charge in [0.1, 0.15) is 5.73 Å². The van der Waals surface area contributed by atoms with E-state index in [1.165, 1.54) is 0 Å². The standard InChI is InChI=1S/C16H22BF3N2O3/c1-15(2)16(3,4)25-17(24-15)11(18)9-5-7-10(8-6-9)13-21-22-14(23-13)12(19)20/h10,12H,5-8H2,1-4H3. The summed E-state index contributed by atoms with van der Waals surface area (Å²) < 4.78 is 56.3. The van der Waals surface area contributed by atoms with Crippen molar-refractivity contribution in [3.8, 4) is 0 Å². The third kappa shape index (κ3) is 3.49. The first-order valence-corrected chi connectivity index (χ1v) is 8.45. The Morgan fingerprint density at radius 3 is 2.12 bits per heavy atom. The molecule has 1 aliphatic carbocycles. The lowest BCUT2D eigenvalue weighted by Gasteiger charge is -2.32. The average Bonchev–Trinajstić information content (AvgIpc) is 3.10. The molecule has 9 heteroatoms. The highest BCUT2D eigenvalue weighted by Crippen LogP contribution is 2.42. The van der Waals surface area contributed by atoms with Crippen molar-refractivity contribution in [3.05, 3.63) is 23.1 Å². The molecule has 2 fully saturated rings. The summed E-state index contributed by atoms with van der Waals surface area (Å²) in [6.45, 7) is 7.49.